The number of pyridine rings is 1. The third kappa shape index (κ3) is 2.47. The van der Waals surface area contributed by atoms with Crippen LogP contribution in [0, 0.1) is 0 Å². The van der Waals surface area contributed by atoms with Gasteiger partial charge < -0.3 is 10.6 Å². The van der Waals surface area contributed by atoms with Gasteiger partial charge in [-0.1, -0.05) is 0 Å². The smallest absolute Gasteiger partial charge is 0.270 e. The number of carbonyl (C=O) groups is 1. The van der Waals surface area contributed by atoms with E-state index in [1.54, 1.807) is 6.20 Å². The van der Waals surface area contributed by atoms with E-state index in [2.05, 4.69) is 15.6 Å². The molecule has 1 aromatic rings. The van der Waals surface area contributed by atoms with E-state index in [1.807, 2.05) is 12.1 Å². The van der Waals surface area contributed by atoms with Crippen molar-refractivity contribution in [3.05, 3.63) is 24.0 Å². The first-order valence-electron chi connectivity index (χ1n) is 6.85. The Labute approximate surface area is 107 Å². The summed E-state index contributed by atoms with van der Waals surface area (Å²) < 4.78 is 0. The van der Waals surface area contributed by atoms with E-state index in [9.17, 15) is 4.79 Å². The maximum atomic E-state index is 12.0. The molecular weight excluding hydrogens is 226 g/mol. The maximum Gasteiger partial charge on any atom is 0.270 e. The number of aromatic nitrogens is 1. The Morgan fingerprint density at radius 3 is 2.50 bits per heavy atom. The Bertz CT molecular complexity index is 438. The molecule has 0 bridgehead atoms. The molecule has 2 saturated carbocycles. The lowest BCUT2D eigenvalue weighted by molar-refractivity contribution is 0.0912. The van der Waals surface area contributed by atoms with E-state index in [-0.39, 0.29) is 5.91 Å². The molecule has 18 heavy (non-hydrogen) atoms. The number of hydrogen-bond acceptors (Lipinski definition) is 3. The fourth-order valence-corrected chi connectivity index (χ4v) is 2.24. The molecule has 2 aliphatic rings. The number of amides is 1. The van der Waals surface area contributed by atoms with Gasteiger partial charge in [-0.05, 0) is 50.7 Å². The summed E-state index contributed by atoms with van der Waals surface area (Å²) in [6.45, 7) is 0. The molecule has 0 aromatic carbocycles. The van der Waals surface area contributed by atoms with Crippen LogP contribution in [-0.2, 0) is 0 Å². The van der Waals surface area contributed by atoms with Crippen LogP contribution in [0.4, 0.5) is 5.69 Å². The van der Waals surface area contributed by atoms with Gasteiger partial charge in [0, 0.05) is 24.0 Å². The molecule has 2 aliphatic carbocycles. The van der Waals surface area contributed by atoms with Crippen molar-refractivity contribution in [3.8, 4) is 0 Å². The van der Waals surface area contributed by atoms with E-state index in [1.165, 1.54) is 25.7 Å². The summed E-state index contributed by atoms with van der Waals surface area (Å²) in [7, 11) is 0. The summed E-state index contributed by atoms with van der Waals surface area (Å²) in [4.78, 5) is 16.1. The van der Waals surface area contributed by atoms with Crippen molar-refractivity contribution in [2.75, 3.05) is 5.32 Å². The van der Waals surface area contributed by atoms with Gasteiger partial charge in [0.05, 0.1) is 0 Å². The molecule has 2 fully saturated rings. The molecule has 1 heterocycles. The maximum absolute atomic E-state index is 12.0. The van der Waals surface area contributed by atoms with Gasteiger partial charge in [-0.25, -0.2) is 0 Å². The lowest BCUT2D eigenvalue weighted by Gasteiger charge is -2.28. The summed E-state index contributed by atoms with van der Waals surface area (Å²) in [5.41, 5.74) is 1.53. The van der Waals surface area contributed by atoms with Gasteiger partial charge in [0.2, 0.25) is 0 Å². The molecule has 3 rings (SSSR count). The topological polar surface area (TPSA) is 54.0 Å². The van der Waals surface area contributed by atoms with Crippen LogP contribution < -0.4 is 10.6 Å². The highest BCUT2D eigenvalue weighted by molar-refractivity contribution is 5.93. The van der Waals surface area contributed by atoms with E-state index < -0.39 is 0 Å². The molecule has 1 amide bonds. The fourth-order valence-electron chi connectivity index (χ4n) is 2.24. The van der Waals surface area contributed by atoms with Crippen LogP contribution in [0.1, 0.15) is 49.0 Å². The van der Waals surface area contributed by atoms with E-state index >= 15 is 0 Å². The quantitative estimate of drug-likeness (QED) is 0.856. The van der Waals surface area contributed by atoms with Crippen molar-refractivity contribution in [1.29, 1.82) is 0 Å². The monoisotopic (exact) mass is 245 g/mol. The van der Waals surface area contributed by atoms with Crippen LogP contribution in [-0.4, -0.2) is 23.0 Å². The fraction of sp³-hybridized carbons (Fsp3) is 0.571. The average Bonchev–Trinajstić information content (AvgIpc) is 2.29. The van der Waals surface area contributed by atoms with Crippen LogP contribution in [0.2, 0.25) is 0 Å². The predicted octanol–water partition coefficient (Wildman–Crippen LogP) is 2.33. The first-order valence-corrected chi connectivity index (χ1v) is 6.85. The standard InChI is InChI=1S/C14H19N3O/c18-14(17-11-5-2-6-11)13-9-12(7-8-15-13)16-10-3-1-4-10/h7-11H,1-6H2,(H,15,16)(H,17,18). The highest BCUT2D eigenvalue weighted by Gasteiger charge is 2.21. The molecule has 0 atom stereocenters. The van der Waals surface area contributed by atoms with Crippen LogP contribution in [0.25, 0.3) is 0 Å². The number of hydrogen-bond donors (Lipinski definition) is 2. The summed E-state index contributed by atoms with van der Waals surface area (Å²) in [6.07, 6.45) is 8.89. The van der Waals surface area contributed by atoms with Crippen molar-refractivity contribution in [2.24, 2.45) is 0 Å². The Hall–Kier alpha value is -1.58. The molecule has 0 aliphatic heterocycles. The lowest BCUT2D eigenvalue weighted by atomic mass is 9.93. The zero-order chi connectivity index (χ0) is 12.4. The molecule has 0 unspecified atom stereocenters. The Morgan fingerprint density at radius 1 is 1.17 bits per heavy atom. The number of nitrogens with one attached hydrogen (secondary N) is 2. The highest BCUT2D eigenvalue weighted by atomic mass is 16.1. The van der Waals surface area contributed by atoms with Crippen molar-refractivity contribution < 1.29 is 4.79 Å². The van der Waals surface area contributed by atoms with Gasteiger partial charge in [-0.15, -0.1) is 0 Å². The molecule has 0 spiro atoms. The first-order chi connectivity index (χ1) is 8.81. The lowest BCUT2D eigenvalue weighted by Crippen LogP contribution is -2.39. The molecular formula is C14H19N3O. The van der Waals surface area contributed by atoms with Gasteiger partial charge >= 0.3 is 0 Å². The summed E-state index contributed by atoms with van der Waals surface area (Å²) in [5.74, 6) is -0.0445. The van der Waals surface area contributed by atoms with Gasteiger partial charge in [-0.2, -0.15) is 0 Å². The zero-order valence-electron chi connectivity index (χ0n) is 10.5. The van der Waals surface area contributed by atoms with Crippen molar-refractivity contribution in [2.45, 2.75) is 50.6 Å². The summed E-state index contributed by atoms with van der Waals surface area (Å²) in [5, 5.41) is 6.45. The molecule has 4 nitrogen and oxygen atoms in total. The van der Waals surface area contributed by atoms with Gasteiger partial charge in [0.25, 0.3) is 5.91 Å². The largest absolute Gasteiger partial charge is 0.382 e. The molecule has 0 saturated heterocycles. The minimum Gasteiger partial charge on any atom is -0.382 e. The normalized spacial score (nSPS) is 19.8. The number of rotatable bonds is 4. The van der Waals surface area contributed by atoms with Gasteiger partial charge in [-0.3, -0.25) is 9.78 Å². The second-order valence-electron chi connectivity index (χ2n) is 5.30. The van der Waals surface area contributed by atoms with Gasteiger partial charge in [0.15, 0.2) is 0 Å². The Morgan fingerprint density at radius 2 is 1.89 bits per heavy atom. The van der Waals surface area contributed by atoms with E-state index in [4.69, 9.17) is 0 Å². The second-order valence-corrected chi connectivity index (χ2v) is 5.30. The first kappa shape index (κ1) is 11.5. The number of carbonyl (C=O) groups excluding carboxylic acids is 1. The van der Waals surface area contributed by atoms with Crippen LogP contribution >= 0.6 is 0 Å². The summed E-state index contributed by atoms with van der Waals surface area (Å²) >= 11 is 0. The van der Waals surface area contributed by atoms with Crippen molar-refractivity contribution in [1.82, 2.24) is 10.3 Å². The third-order valence-corrected chi connectivity index (χ3v) is 3.91. The number of nitrogens with zero attached hydrogens (tertiary/aromatic N) is 1. The van der Waals surface area contributed by atoms with E-state index in [0.29, 0.717) is 17.8 Å². The Balaban J connectivity index is 1.63. The second kappa shape index (κ2) is 4.96. The number of anilines is 1. The van der Waals surface area contributed by atoms with Crippen molar-refractivity contribution in [3.63, 3.8) is 0 Å². The molecule has 2 N–H and O–H groups in total. The SMILES string of the molecule is O=C(NC1CCC1)c1cc(NC2CCC2)ccn1. The van der Waals surface area contributed by atoms with Crippen LogP contribution in [0.15, 0.2) is 18.3 Å². The minimum atomic E-state index is -0.0445. The average molecular weight is 245 g/mol. The molecule has 0 radical (unpaired) electrons. The van der Waals surface area contributed by atoms with Gasteiger partial charge in [0.1, 0.15) is 5.69 Å². The third-order valence-electron chi connectivity index (χ3n) is 3.91. The summed E-state index contributed by atoms with van der Waals surface area (Å²) in [6, 6.07) is 4.72. The zero-order valence-corrected chi connectivity index (χ0v) is 10.5. The predicted molar refractivity (Wildman–Crippen MR) is 70.6 cm³/mol. The molecule has 1 aromatic heterocycles. The Kier molecular flexibility index (Phi) is 3.17. The van der Waals surface area contributed by atoms with Crippen molar-refractivity contribution >= 4 is 11.6 Å². The highest BCUT2D eigenvalue weighted by Crippen LogP contribution is 2.23. The minimum absolute atomic E-state index is 0.0445. The van der Waals surface area contributed by atoms with Crippen LogP contribution in [0.5, 0.6) is 0 Å². The van der Waals surface area contributed by atoms with Crippen LogP contribution in [0.3, 0.4) is 0 Å². The molecule has 4 heteroatoms. The molecule has 96 valence electrons. The van der Waals surface area contributed by atoms with E-state index in [0.717, 1.165) is 18.5 Å².